The Kier molecular flexibility index (Phi) is 4.74. The zero-order chi connectivity index (χ0) is 13.7. The van der Waals surface area contributed by atoms with Crippen LogP contribution >= 0.6 is 11.8 Å². The lowest BCUT2D eigenvalue weighted by Crippen LogP contribution is -2.02. The molecule has 0 saturated heterocycles. The second kappa shape index (κ2) is 6.52. The van der Waals surface area contributed by atoms with Gasteiger partial charge in [-0.25, -0.2) is 9.97 Å². The van der Waals surface area contributed by atoms with E-state index in [0.29, 0.717) is 0 Å². The van der Waals surface area contributed by atoms with Gasteiger partial charge < -0.3 is 5.32 Å². The highest BCUT2D eigenvalue weighted by molar-refractivity contribution is 7.99. The summed E-state index contributed by atoms with van der Waals surface area (Å²) in [7, 11) is 0. The summed E-state index contributed by atoms with van der Waals surface area (Å²) in [6.45, 7) is 7.11. The van der Waals surface area contributed by atoms with Crippen LogP contribution in [0.3, 0.4) is 0 Å². The third kappa shape index (κ3) is 4.21. The molecule has 0 radical (unpaired) electrons. The molecule has 5 heteroatoms. The van der Waals surface area contributed by atoms with E-state index in [-0.39, 0.29) is 0 Å². The molecule has 0 aromatic carbocycles. The van der Waals surface area contributed by atoms with Gasteiger partial charge in [-0.05, 0) is 49.7 Å². The zero-order valence-electron chi connectivity index (χ0n) is 11.5. The number of rotatable bonds is 5. The van der Waals surface area contributed by atoms with E-state index in [0.717, 1.165) is 34.5 Å². The van der Waals surface area contributed by atoms with E-state index in [2.05, 4.69) is 46.2 Å². The quantitative estimate of drug-likeness (QED) is 0.905. The number of nitrogens with zero attached hydrogens (tertiary/aromatic N) is 3. The van der Waals surface area contributed by atoms with Crippen molar-refractivity contribution in [1.82, 2.24) is 15.0 Å². The highest BCUT2D eigenvalue weighted by Crippen LogP contribution is 2.25. The van der Waals surface area contributed by atoms with Gasteiger partial charge in [0.1, 0.15) is 15.9 Å². The maximum absolute atomic E-state index is 4.51. The van der Waals surface area contributed by atoms with Gasteiger partial charge in [-0.1, -0.05) is 6.92 Å². The number of aromatic nitrogens is 3. The summed E-state index contributed by atoms with van der Waals surface area (Å²) < 4.78 is 0. The molecule has 2 rings (SSSR count). The first-order valence-corrected chi connectivity index (χ1v) is 7.18. The maximum Gasteiger partial charge on any atom is 0.145 e. The van der Waals surface area contributed by atoms with Crippen molar-refractivity contribution in [2.75, 3.05) is 11.9 Å². The monoisotopic (exact) mass is 274 g/mol. The average molecular weight is 274 g/mol. The molecule has 0 aliphatic heterocycles. The minimum Gasteiger partial charge on any atom is -0.369 e. The van der Waals surface area contributed by atoms with Crippen LogP contribution in [0.1, 0.15) is 24.6 Å². The second-order valence-electron chi connectivity index (χ2n) is 4.40. The van der Waals surface area contributed by atoms with Crippen LogP contribution in [-0.2, 0) is 0 Å². The highest BCUT2D eigenvalue weighted by Gasteiger charge is 2.04. The van der Waals surface area contributed by atoms with Crippen LogP contribution < -0.4 is 5.32 Å². The number of pyridine rings is 1. The van der Waals surface area contributed by atoms with Crippen molar-refractivity contribution < 1.29 is 0 Å². The Hall–Kier alpha value is -1.62. The lowest BCUT2D eigenvalue weighted by Gasteiger charge is -2.06. The van der Waals surface area contributed by atoms with Crippen molar-refractivity contribution in [1.29, 1.82) is 0 Å². The number of hydrogen-bond donors (Lipinski definition) is 1. The standard InChI is InChI=1S/C14H18N4S/c1-4-5-16-12-8-15-9-14(18-12)19-13-7-10(2)6-11(3)17-13/h6-9H,4-5H2,1-3H3,(H,16,18). The second-order valence-corrected chi connectivity index (χ2v) is 5.44. The molecule has 100 valence electrons. The average Bonchev–Trinajstić information content (AvgIpc) is 2.35. The molecule has 0 atom stereocenters. The molecule has 2 aromatic rings. The fourth-order valence-corrected chi connectivity index (χ4v) is 2.61. The molecule has 0 saturated carbocycles. The summed E-state index contributed by atoms with van der Waals surface area (Å²) in [4.78, 5) is 13.2. The summed E-state index contributed by atoms with van der Waals surface area (Å²) >= 11 is 1.54. The van der Waals surface area contributed by atoms with Gasteiger partial charge in [0.15, 0.2) is 0 Å². The summed E-state index contributed by atoms with van der Waals surface area (Å²) in [5.41, 5.74) is 2.24. The Morgan fingerprint density at radius 1 is 1.11 bits per heavy atom. The van der Waals surface area contributed by atoms with E-state index in [1.54, 1.807) is 12.4 Å². The van der Waals surface area contributed by atoms with Crippen LogP contribution in [0, 0.1) is 13.8 Å². The maximum atomic E-state index is 4.51. The molecule has 19 heavy (non-hydrogen) atoms. The van der Waals surface area contributed by atoms with Gasteiger partial charge in [-0.15, -0.1) is 0 Å². The minimum atomic E-state index is 0.816. The van der Waals surface area contributed by atoms with E-state index in [4.69, 9.17) is 0 Å². The van der Waals surface area contributed by atoms with Crippen LogP contribution in [0.25, 0.3) is 0 Å². The van der Waals surface area contributed by atoms with Gasteiger partial charge >= 0.3 is 0 Å². The minimum absolute atomic E-state index is 0.816. The Morgan fingerprint density at radius 3 is 2.68 bits per heavy atom. The van der Waals surface area contributed by atoms with Gasteiger partial charge in [0, 0.05) is 12.2 Å². The van der Waals surface area contributed by atoms with Crippen LogP contribution in [-0.4, -0.2) is 21.5 Å². The Morgan fingerprint density at radius 2 is 1.95 bits per heavy atom. The van der Waals surface area contributed by atoms with E-state index in [1.165, 1.54) is 17.3 Å². The normalized spacial score (nSPS) is 10.5. The first-order valence-electron chi connectivity index (χ1n) is 6.36. The smallest absolute Gasteiger partial charge is 0.145 e. The Balaban J connectivity index is 2.13. The number of hydrogen-bond acceptors (Lipinski definition) is 5. The van der Waals surface area contributed by atoms with Gasteiger partial charge in [-0.3, -0.25) is 4.98 Å². The fraction of sp³-hybridized carbons (Fsp3) is 0.357. The number of nitrogens with one attached hydrogen (secondary N) is 1. The summed E-state index contributed by atoms with van der Waals surface area (Å²) in [5.74, 6) is 0.816. The van der Waals surface area contributed by atoms with Crippen molar-refractivity contribution in [3.05, 3.63) is 35.8 Å². The van der Waals surface area contributed by atoms with Crippen LogP contribution in [0.5, 0.6) is 0 Å². The van der Waals surface area contributed by atoms with Crippen LogP contribution in [0.15, 0.2) is 34.6 Å². The van der Waals surface area contributed by atoms with Crippen molar-refractivity contribution in [3.63, 3.8) is 0 Å². The lowest BCUT2D eigenvalue weighted by molar-refractivity contribution is 0.946. The first kappa shape index (κ1) is 13.8. The predicted octanol–water partition coefficient (Wildman–Crippen LogP) is 3.46. The molecule has 2 aromatic heterocycles. The SMILES string of the molecule is CCCNc1cncc(Sc2cc(C)cc(C)n2)n1. The van der Waals surface area contributed by atoms with E-state index in [1.807, 2.05) is 6.92 Å². The third-order valence-corrected chi connectivity index (χ3v) is 3.28. The van der Waals surface area contributed by atoms with Gasteiger partial charge in [0.2, 0.25) is 0 Å². The number of aryl methyl sites for hydroxylation is 2. The van der Waals surface area contributed by atoms with E-state index >= 15 is 0 Å². The molecular formula is C14H18N4S. The molecular weight excluding hydrogens is 256 g/mol. The highest BCUT2D eigenvalue weighted by atomic mass is 32.2. The Labute approximate surface area is 118 Å². The lowest BCUT2D eigenvalue weighted by atomic mass is 10.3. The van der Waals surface area contributed by atoms with E-state index < -0.39 is 0 Å². The summed E-state index contributed by atoms with van der Waals surface area (Å²) in [6.07, 6.45) is 4.58. The molecule has 1 N–H and O–H groups in total. The summed E-state index contributed by atoms with van der Waals surface area (Å²) in [6, 6.07) is 4.13. The van der Waals surface area contributed by atoms with Crippen molar-refractivity contribution >= 4 is 17.6 Å². The van der Waals surface area contributed by atoms with Crippen molar-refractivity contribution in [3.8, 4) is 0 Å². The van der Waals surface area contributed by atoms with Crippen LogP contribution in [0.2, 0.25) is 0 Å². The van der Waals surface area contributed by atoms with E-state index in [9.17, 15) is 0 Å². The summed E-state index contributed by atoms with van der Waals surface area (Å²) in [5, 5.41) is 5.05. The molecule has 0 fully saturated rings. The fourth-order valence-electron chi connectivity index (χ4n) is 1.70. The van der Waals surface area contributed by atoms with Crippen molar-refractivity contribution in [2.24, 2.45) is 0 Å². The Bertz CT molecular complexity index is 537. The van der Waals surface area contributed by atoms with Gasteiger partial charge in [0.05, 0.1) is 12.4 Å². The molecule has 0 amide bonds. The molecule has 0 unspecified atom stereocenters. The molecule has 2 heterocycles. The topological polar surface area (TPSA) is 50.7 Å². The molecule has 0 aliphatic carbocycles. The largest absolute Gasteiger partial charge is 0.369 e. The molecule has 0 bridgehead atoms. The first-order chi connectivity index (χ1) is 9.17. The molecule has 0 aliphatic rings. The van der Waals surface area contributed by atoms with Gasteiger partial charge in [0.25, 0.3) is 0 Å². The molecule has 4 nitrogen and oxygen atoms in total. The zero-order valence-corrected chi connectivity index (χ0v) is 12.3. The third-order valence-electron chi connectivity index (χ3n) is 2.45. The number of anilines is 1. The molecule has 0 spiro atoms. The van der Waals surface area contributed by atoms with Crippen molar-refractivity contribution in [2.45, 2.75) is 37.2 Å². The van der Waals surface area contributed by atoms with Crippen LogP contribution in [0.4, 0.5) is 5.82 Å². The van der Waals surface area contributed by atoms with Gasteiger partial charge in [-0.2, -0.15) is 0 Å². The predicted molar refractivity (Wildman–Crippen MR) is 78.6 cm³/mol.